The maximum Gasteiger partial charge on any atom is 0.122 e. The van der Waals surface area contributed by atoms with Crippen LogP contribution in [0, 0.1) is 5.92 Å². The molecule has 2 heteroatoms. The van der Waals surface area contributed by atoms with E-state index in [-0.39, 0.29) is 0 Å². The summed E-state index contributed by atoms with van der Waals surface area (Å²) in [6, 6.07) is 7.02. The van der Waals surface area contributed by atoms with Gasteiger partial charge in [-0.25, -0.2) is 0 Å². The Morgan fingerprint density at radius 1 is 1.11 bits per heavy atom. The van der Waals surface area contributed by atoms with Gasteiger partial charge in [-0.1, -0.05) is 39.8 Å². The molecule has 1 N–H and O–H groups in total. The molecule has 0 saturated heterocycles. The van der Waals surface area contributed by atoms with E-state index in [0.29, 0.717) is 17.9 Å². The van der Waals surface area contributed by atoms with Crippen molar-refractivity contribution in [3.63, 3.8) is 0 Å². The molecule has 0 fully saturated rings. The lowest BCUT2D eigenvalue weighted by atomic mass is 9.97. The molecule has 2 nitrogen and oxygen atoms in total. The van der Waals surface area contributed by atoms with Gasteiger partial charge in [0.1, 0.15) is 5.75 Å². The maximum absolute atomic E-state index is 5.48. The fraction of sp³-hybridized carbons (Fsp3) is 0.647. The predicted molar refractivity (Wildman–Crippen MR) is 83.1 cm³/mol. The van der Waals surface area contributed by atoms with Gasteiger partial charge in [0.25, 0.3) is 0 Å². The van der Waals surface area contributed by atoms with Crippen molar-refractivity contribution in [2.24, 2.45) is 5.92 Å². The van der Waals surface area contributed by atoms with Gasteiger partial charge in [-0.3, -0.25) is 0 Å². The predicted octanol–water partition coefficient (Wildman–Crippen LogP) is 4.00. The second kappa shape index (κ2) is 7.54. The number of methoxy groups -OCH3 is 1. The van der Waals surface area contributed by atoms with Gasteiger partial charge >= 0.3 is 0 Å². The van der Waals surface area contributed by atoms with Crippen LogP contribution >= 0.6 is 0 Å². The van der Waals surface area contributed by atoms with Crippen LogP contribution in [-0.2, 0) is 6.42 Å². The molecule has 0 saturated carbocycles. The van der Waals surface area contributed by atoms with Crippen LogP contribution in [-0.4, -0.2) is 19.7 Å². The van der Waals surface area contributed by atoms with E-state index in [2.05, 4.69) is 58.1 Å². The van der Waals surface area contributed by atoms with Crippen LogP contribution in [0.2, 0.25) is 0 Å². The minimum Gasteiger partial charge on any atom is -0.496 e. The summed E-state index contributed by atoms with van der Waals surface area (Å²) in [6.07, 6.45) is 1.01. The molecule has 108 valence electrons. The molecule has 1 aromatic rings. The smallest absolute Gasteiger partial charge is 0.122 e. The highest BCUT2D eigenvalue weighted by molar-refractivity contribution is 5.38. The summed E-state index contributed by atoms with van der Waals surface area (Å²) in [5.74, 6) is 2.25. The lowest BCUT2D eigenvalue weighted by molar-refractivity contribution is 0.404. The second-order valence-corrected chi connectivity index (χ2v) is 6.13. The molecule has 0 radical (unpaired) electrons. The van der Waals surface area contributed by atoms with E-state index in [1.165, 1.54) is 11.1 Å². The first-order valence-electron chi connectivity index (χ1n) is 7.34. The first-order valence-corrected chi connectivity index (χ1v) is 7.34. The summed E-state index contributed by atoms with van der Waals surface area (Å²) in [6.45, 7) is 12.2. The zero-order chi connectivity index (χ0) is 14.4. The van der Waals surface area contributed by atoms with E-state index < -0.39 is 0 Å². The van der Waals surface area contributed by atoms with Crippen LogP contribution < -0.4 is 10.1 Å². The molecule has 0 heterocycles. The number of benzene rings is 1. The van der Waals surface area contributed by atoms with Gasteiger partial charge in [-0.05, 0) is 48.9 Å². The van der Waals surface area contributed by atoms with Gasteiger partial charge in [0, 0.05) is 6.04 Å². The third kappa shape index (κ3) is 5.23. The average molecular weight is 263 g/mol. The maximum atomic E-state index is 5.48. The number of hydrogen-bond acceptors (Lipinski definition) is 2. The molecule has 19 heavy (non-hydrogen) atoms. The largest absolute Gasteiger partial charge is 0.496 e. The van der Waals surface area contributed by atoms with E-state index in [1.807, 2.05) is 0 Å². The van der Waals surface area contributed by atoms with Crippen LogP contribution in [0.25, 0.3) is 0 Å². The summed E-state index contributed by atoms with van der Waals surface area (Å²) in [4.78, 5) is 0. The molecular formula is C17H29NO. The lowest BCUT2D eigenvalue weighted by Gasteiger charge is -2.18. The number of hydrogen-bond donors (Lipinski definition) is 1. The molecule has 0 aliphatic carbocycles. The summed E-state index contributed by atoms with van der Waals surface area (Å²) in [5, 5.41) is 3.57. The number of nitrogens with one attached hydrogen (secondary N) is 1. The van der Waals surface area contributed by atoms with Crippen molar-refractivity contribution in [2.45, 2.75) is 53.0 Å². The highest BCUT2D eigenvalue weighted by atomic mass is 16.5. The Labute approximate surface area is 118 Å². The quantitative estimate of drug-likeness (QED) is 0.803. The van der Waals surface area contributed by atoms with E-state index in [4.69, 9.17) is 4.74 Å². The Kier molecular flexibility index (Phi) is 6.36. The Hall–Kier alpha value is -1.02. The van der Waals surface area contributed by atoms with Crippen molar-refractivity contribution in [1.29, 1.82) is 0 Å². The van der Waals surface area contributed by atoms with Crippen molar-refractivity contribution in [3.05, 3.63) is 29.3 Å². The van der Waals surface area contributed by atoms with E-state index in [1.54, 1.807) is 7.11 Å². The highest BCUT2D eigenvalue weighted by Crippen LogP contribution is 2.25. The van der Waals surface area contributed by atoms with Gasteiger partial charge in [0.05, 0.1) is 7.11 Å². The summed E-state index contributed by atoms with van der Waals surface area (Å²) >= 11 is 0. The molecule has 1 atom stereocenters. The van der Waals surface area contributed by atoms with Crippen LogP contribution in [0.5, 0.6) is 5.75 Å². The summed E-state index contributed by atoms with van der Waals surface area (Å²) in [5.41, 5.74) is 2.68. The van der Waals surface area contributed by atoms with Crippen molar-refractivity contribution in [1.82, 2.24) is 5.32 Å². The minimum absolute atomic E-state index is 0.471. The fourth-order valence-corrected chi connectivity index (χ4v) is 2.16. The first kappa shape index (κ1) is 16.0. The summed E-state index contributed by atoms with van der Waals surface area (Å²) in [7, 11) is 1.75. The van der Waals surface area contributed by atoms with Gasteiger partial charge in [-0.15, -0.1) is 0 Å². The molecule has 1 unspecified atom stereocenters. The van der Waals surface area contributed by atoms with Crippen molar-refractivity contribution in [3.8, 4) is 5.75 Å². The van der Waals surface area contributed by atoms with Gasteiger partial charge in [-0.2, -0.15) is 0 Å². The summed E-state index contributed by atoms with van der Waals surface area (Å²) < 4.78 is 5.48. The highest BCUT2D eigenvalue weighted by Gasteiger charge is 2.10. The molecular weight excluding hydrogens is 234 g/mol. The van der Waals surface area contributed by atoms with Crippen LogP contribution in [0.3, 0.4) is 0 Å². The van der Waals surface area contributed by atoms with E-state index in [0.717, 1.165) is 18.7 Å². The van der Waals surface area contributed by atoms with Gasteiger partial charge in [0.2, 0.25) is 0 Å². The fourth-order valence-electron chi connectivity index (χ4n) is 2.16. The average Bonchev–Trinajstić information content (AvgIpc) is 2.36. The Morgan fingerprint density at radius 3 is 2.32 bits per heavy atom. The third-order valence-electron chi connectivity index (χ3n) is 3.37. The Morgan fingerprint density at radius 2 is 1.79 bits per heavy atom. The monoisotopic (exact) mass is 263 g/mol. The normalized spacial score (nSPS) is 13.1. The zero-order valence-electron chi connectivity index (χ0n) is 13.3. The molecule has 1 rings (SSSR count). The van der Waals surface area contributed by atoms with Gasteiger partial charge in [0.15, 0.2) is 0 Å². The first-order chi connectivity index (χ1) is 8.93. The Bertz CT molecular complexity index is 385. The second-order valence-electron chi connectivity index (χ2n) is 6.13. The number of rotatable bonds is 7. The molecule has 0 amide bonds. The zero-order valence-corrected chi connectivity index (χ0v) is 13.3. The molecule has 0 aromatic heterocycles. The van der Waals surface area contributed by atoms with Crippen LogP contribution in [0.15, 0.2) is 18.2 Å². The van der Waals surface area contributed by atoms with Crippen LogP contribution in [0.4, 0.5) is 0 Å². The van der Waals surface area contributed by atoms with Crippen LogP contribution in [0.1, 0.15) is 51.7 Å². The van der Waals surface area contributed by atoms with Crippen molar-refractivity contribution in [2.75, 3.05) is 13.7 Å². The van der Waals surface area contributed by atoms with E-state index in [9.17, 15) is 0 Å². The molecule has 0 aliphatic heterocycles. The number of ether oxygens (including phenoxy) is 1. The van der Waals surface area contributed by atoms with Crippen molar-refractivity contribution < 1.29 is 4.74 Å². The minimum atomic E-state index is 0.471. The van der Waals surface area contributed by atoms with E-state index >= 15 is 0 Å². The lowest BCUT2D eigenvalue weighted by Crippen LogP contribution is -2.31. The molecule has 1 aromatic carbocycles. The van der Waals surface area contributed by atoms with Gasteiger partial charge < -0.3 is 10.1 Å². The standard InChI is InChI=1S/C17H29NO/c1-12(2)11-18-14(5)9-16-10-15(13(3)4)7-8-17(16)19-6/h7-8,10,12-14,18H,9,11H2,1-6H3. The third-order valence-corrected chi connectivity index (χ3v) is 3.37. The molecule has 0 bridgehead atoms. The molecule has 0 aliphatic rings. The molecule has 0 spiro atoms. The van der Waals surface area contributed by atoms with Crippen molar-refractivity contribution >= 4 is 0 Å². The SMILES string of the molecule is COc1ccc(C(C)C)cc1CC(C)NCC(C)C. The topological polar surface area (TPSA) is 21.3 Å². The Balaban J connectivity index is 2.76.